The van der Waals surface area contributed by atoms with Crippen molar-refractivity contribution in [2.45, 2.75) is 77.8 Å². The highest BCUT2D eigenvalue weighted by Crippen LogP contribution is 2.55. The van der Waals surface area contributed by atoms with Gasteiger partial charge in [0.2, 0.25) is 0 Å². The van der Waals surface area contributed by atoms with Crippen LogP contribution in [0, 0.1) is 0 Å². The molecule has 0 aliphatic heterocycles. The zero-order chi connectivity index (χ0) is 35.4. The second-order valence-corrected chi connectivity index (χ2v) is 32.3. The Hall–Kier alpha value is -2.85. The summed E-state index contributed by atoms with van der Waals surface area (Å²) in [7, 11) is -3.54. The fourth-order valence-electron chi connectivity index (χ4n) is 6.99. The molecule has 0 nitrogen and oxygen atoms in total. The fraction of sp³-hybridized carbons (Fsp3) is 0.273. The Bertz CT molecular complexity index is 2390. The first kappa shape index (κ1) is 34.3. The second-order valence-electron chi connectivity index (χ2n) is 17.0. The van der Waals surface area contributed by atoms with Gasteiger partial charge in [-0.15, -0.1) is 45.3 Å². The van der Waals surface area contributed by atoms with Gasteiger partial charge in [0, 0.05) is 32.3 Å². The van der Waals surface area contributed by atoms with E-state index >= 15 is 0 Å². The lowest BCUT2D eigenvalue weighted by atomic mass is 10.1. The minimum Gasteiger partial charge on any atom is -0.143 e. The van der Waals surface area contributed by atoms with E-state index in [0.717, 1.165) is 0 Å². The van der Waals surface area contributed by atoms with Crippen LogP contribution in [0.1, 0.15) is 41.5 Å². The molecule has 0 aliphatic carbocycles. The molecule has 0 radical (unpaired) electrons. The van der Waals surface area contributed by atoms with Crippen molar-refractivity contribution in [2.24, 2.45) is 0 Å². The van der Waals surface area contributed by atoms with Crippen LogP contribution in [0.5, 0.6) is 0 Å². The Morgan fingerprint density at radius 1 is 0.320 bits per heavy atom. The maximum Gasteiger partial charge on any atom is 0.0995 e. The van der Waals surface area contributed by atoms with Crippen molar-refractivity contribution in [3.8, 4) is 29.3 Å². The normalized spacial score (nSPS) is 13.4. The molecule has 0 aliphatic rings. The predicted octanol–water partition coefficient (Wildman–Crippen LogP) is 15.0. The van der Waals surface area contributed by atoms with Gasteiger partial charge in [0.05, 0.1) is 45.4 Å². The largest absolute Gasteiger partial charge is 0.143 e. The van der Waals surface area contributed by atoms with E-state index in [9.17, 15) is 0 Å². The van der Waals surface area contributed by atoms with Crippen LogP contribution in [-0.2, 0) is 0 Å². The Morgan fingerprint density at radius 3 is 0.760 bits per heavy atom. The molecule has 4 heterocycles. The number of hydrogen-bond donors (Lipinski definition) is 0. The average molecular weight is 759 g/mol. The molecule has 0 spiro atoms. The number of benzene rings is 4. The lowest BCUT2D eigenvalue weighted by Gasteiger charge is -2.36. The molecule has 0 saturated carbocycles. The summed E-state index contributed by atoms with van der Waals surface area (Å²) in [5.74, 6) is 0. The zero-order valence-corrected chi connectivity index (χ0v) is 36.1. The first-order valence-corrected chi connectivity index (χ1v) is 27.0. The molecule has 0 unspecified atom stereocenters. The summed E-state index contributed by atoms with van der Waals surface area (Å²) in [5, 5.41) is 11.8. The quantitative estimate of drug-likeness (QED) is 0.153. The van der Waals surface area contributed by atoms with E-state index in [4.69, 9.17) is 0 Å². The molecule has 0 saturated heterocycles. The van der Waals surface area contributed by atoms with Crippen LogP contribution in [0.25, 0.3) is 72.4 Å². The molecule has 0 atom stereocenters. The van der Waals surface area contributed by atoms with Crippen LogP contribution < -0.4 is 9.00 Å². The molecule has 0 fully saturated rings. The third-order valence-electron chi connectivity index (χ3n) is 12.0. The van der Waals surface area contributed by atoms with Gasteiger partial charge < -0.3 is 0 Å². The standard InChI is InChI=1S/C44H46S4Si2/c1-43(2,3)49(7,8)41-33-25-17-15-23-31(33)39(47-41)37-29-21-13-11-19-27(29)35(45-37)36-28-20-12-14-22-30(28)38(46-36)40-32-24-16-18-26-34(32)42(48-40)50(9,10)44(4,5)6/h11-26H,1-10H3. The SMILES string of the molecule is CC(C)(C)[Si](C)(C)c1sc(-c2sc(-c3sc(-c4sc([Si](C)(C)C(C)(C)C)c5ccccc45)c4ccccc34)c3ccccc23)c2ccccc12. The monoisotopic (exact) mass is 758 g/mol. The Morgan fingerprint density at radius 2 is 0.520 bits per heavy atom. The molecule has 4 aromatic carbocycles. The highest BCUT2D eigenvalue weighted by Gasteiger charge is 2.41. The van der Waals surface area contributed by atoms with Crippen molar-refractivity contribution in [2.75, 3.05) is 0 Å². The first-order valence-electron chi connectivity index (χ1n) is 17.7. The molecule has 8 aromatic rings. The van der Waals surface area contributed by atoms with Crippen LogP contribution in [0.4, 0.5) is 0 Å². The van der Waals surface area contributed by atoms with Crippen molar-refractivity contribution in [1.82, 2.24) is 0 Å². The summed E-state index contributed by atoms with van der Waals surface area (Å²) in [6, 6.07) is 36.8. The summed E-state index contributed by atoms with van der Waals surface area (Å²) in [4.78, 5) is 8.53. The zero-order valence-electron chi connectivity index (χ0n) is 30.9. The second kappa shape index (κ2) is 11.8. The molecule has 4 aromatic heterocycles. The Kier molecular flexibility index (Phi) is 8.11. The minimum absolute atomic E-state index is 0.267. The van der Waals surface area contributed by atoms with Gasteiger partial charge in [-0.3, -0.25) is 0 Å². The maximum atomic E-state index is 2.57. The van der Waals surface area contributed by atoms with E-state index in [1.165, 1.54) is 72.4 Å². The van der Waals surface area contributed by atoms with E-state index in [0.29, 0.717) is 0 Å². The molecule has 0 amide bonds. The molecule has 0 bridgehead atoms. The van der Waals surface area contributed by atoms with Crippen LogP contribution >= 0.6 is 45.3 Å². The van der Waals surface area contributed by atoms with Gasteiger partial charge in [0.15, 0.2) is 0 Å². The topological polar surface area (TPSA) is 0 Å². The van der Waals surface area contributed by atoms with Gasteiger partial charge in [-0.1, -0.05) is 165 Å². The van der Waals surface area contributed by atoms with Crippen molar-refractivity contribution in [3.05, 3.63) is 97.1 Å². The molecule has 6 heteroatoms. The van der Waals surface area contributed by atoms with Gasteiger partial charge in [0.1, 0.15) is 0 Å². The number of fused-ring (bicyclic) bond motifs is 4. The van der Waals surface area contributed by atoms with Crippen molar-refractivity contribution >= 4 is 114 Å². The summed E-state index contributed by atoms with van der Waals surface area (Å²) < 4.78 is 3.25. The number of hydrogen-bond acceptors (Lipinski definition) is 4. The van der Waals surface area contributed by atoms with E-state index in [2.05, 4.69) is 187 Å². The van der Waals surface area contributed by atoms with Crippen LogP contribution in [-0.4, -0.2) is 16.1 Å². The third-order valence-corrected chi connectivity index (χ3v) is 31.0. The molecule has 8 rings (SSSR count). The van der Waals surface area contributed by atoms with E-state index in [1.807, 2.05) is 22.7 Å². The van der Waals surface area contributed by atoms with Crippen molar-refractivity contribution in [3.63, 3.8) is 0 Å². The molecule has 0 N–H and O–H groups in total. The smallest absolute Gasteiger partial charge is 0.0995 e. The molecular formula is C44H46S4Si2. The predicted molar refractivity (Wildman–Crippen MR) is 238 cm³/mol. The Balaban J connectivity index is 1.38. The average Bonchev–Trinajstić information content (AvgIpc) is 3.84. The number of rotatable bonds is 5. The molecule has 50 heavy (non-hydrogen) atoms. The van der Waals surface area contributed by atoms with E-state index in [1.54, 1.807) is 9.00 Å². The van der Waals surface area contributed by atoms with Gasteiger partial charge in [-0.2, -0.15) is 0 Å². The van der Waals surface area contributed by atoms with Crippen molar-refractivity contribution in [1.29, 1.82) is 0 Å². The number of thiophene rings is 4. The first-order chi connectivity index (χ1) is 23.6. The summed E-state index contributed by atoms with van der Waals surface area (Å²) in [5.41, 5.74) is 0. The molecule has 254 valence electrons. The third kappa shape index (κ3) is 5.12. The lowest BCUT2D eigenvalue weighted by molar-refractivity contribution is 0.730. The summed E-state index contributed by atoms with van der Waals surface area (Å²) >= 11 is 8.18. The highest BCUT2D eigenvalue weighted by atomic mass is 32.1. The van der Waals surface area contributed by atoms with Crippen molar-refractivity contribution < 1.29 is 0 Å². The van der Waals surface area contributed by atoms with Gasteiger partial charge in [-0.25, -0.2) is 0 Å². The van der Waals surface area contributed by atoms with Crippen LogP contribution in [0.15, 0.2) is 97.1 Å². The Labute approximate surface area is 315 Å². The minimum atomic E-state index is -1.77. The maximum absolute atomic E-state index is 2.57. The van der Waals surface area contributed by atoms with E-state index in [-0.39, 0.29) is 10.1 Å². The lowest BCUT2D eigenvalue weighted by Crippen LogP contribution is -2.48. The fourth-order valence-corrected chi connectivity index (χ4v) is 19.7. The van der Waals surface area contributed by atoms with E-state index < -0.39 is 16.1 Å². The van der Waals surface area contributed by atoms with Crippen LogP contribution in [0.3, 0.4) is 0 Å². The van der Waals surface area contributed by atoms with Crippen LogP contribution in [0.2, 0.25) is 36.3 Å². The highest BCUT2D eigenvalue weighted by molar-refractivity contribution is 7.36. The van der Waals surface area contributed by atoms with Gasteiger partial charge in [0.25, 0.3) is 0 Å². The van der Waals surface area contributed by atoms with Gasteiger partial charge >= 0.3 is 0 Å². The van der Waals surface area contributed by atoms with Gasteiger partial charge in [-0.05, 0) is 29.8 Å². The molecular weight excluding hydrogens is 713 g/mol. The summed E-state index contributed by atoms with van der Waals surface area (Å²) in [6.07, 6.45) is 0. The summed E-state index contributed by atoms with van der Waals surface area (Å²) in [6.45, 7) is 24.9.